The minimum atomic E-state index is -0.739. The van der Waals surface area contributed by atoms with Crippen LogP contribution in [0.2, 0.25) is 0 Å². The molecule has 100 valence electrons. The fraction of sp³-hybridized carbons (Fsp3) is 0.812. The van der Waals surface area contributed by atoms with Crippen molar-refractivity contribution >= 4 is 5.97 Å². The Balaban J connectivity index is 1.96. The summed E-state index contributed by atoms with van der Waals surface area (Å²) in [7, 11) is 0. The Kier molecular flexibility index (Phi) is 2.80. The Bertz CT molecular complexity index is 366. The number of allylic oxidation sites excluding steroid dienone is 1. The Morgan fingerprint density at radius 3 is 2.06 bits per heavy atom. The van der Waals surface area contributed by atoms with Gasteiger partial charge in [0.25, 0.3) is 0 Å². The number of rotatable bonds is 3. The van der Waals surface area contributed by atoms with Crippen molar-refractivity contribution in [3.63, 3.8) is 0 Å². The van der Waals surface area contributed by atoms with Crippen LogP contribution in [0.3, 0.4) is 0 Å². The first-order valence-electron chi connectivity index (χ1n) is 7.48. The molecule has 4 aliphatic carbocycles. The lowest BCUT2D eigenvalue weighted by molar-refractivity contribution is -0.133. The van der Waals surface area contributed by atoms with Crippen LogP contribution in [0.25, 0.3) is 0 Å². The van der Waals surface area contributed by atoms with E-state index in [1.165, 1.54) is 32.1 Å². The molecule has 0 radical (unpaired) electrons. The topological polar surface area (TPSA) is 37.3 Å². The van der Waals surface area contributed by atoms with Crippen molar-refractivity contribution < 1.29 is 9.90 Å². The Hall–Kier alpha value is -0.790. The van der Waals surface area contributed by atoms with E-state index in [2.05, 4.69) is 13.0 Å². The van der Waals surface area contributed by atoms with E-state index in [1.807, 2.05) is 0 Å². The van der Waals surface area contributed by atoms with Gasteiger partial charge < -0.3 is 5.11 Å². The molecular weight excluding hydrogens is 224 g/mol. The average Bonchev–Trinajstić information content (AvgIpc) is 2.32. The minimum Gasteiger partial charge on any atom is -0.478 e. The number of aliphatic carboxylic acids is 1. The fourth-order valence-electron chi connectivity index (χ4n) is 5.44. The standard InChI is InChI=1S/C16H24O2/c1-3-16(9-10(2)15(17)18)13-5-11-4-12(7-13)8-14(16)6-11/h9,11-14H,3-8H2,1-2H3,(H,17,18)/b10-9+. The molecule has 0 aliphatic heterocycles. The van der Waals surface area contributed by atoms with Crippen molar-refractivity contribution in [2.24, 2.45) is 29.1 Å². The molecule has 2 nitrogen and oxygen atoms in total. The molecule has 0 amide bonds. The molecular formula is C16H24O2. The van der Waals surface area contributed by atoms with Crippen LogP contribution in [-0.2, 0) is 4.79 Å². The summed E-state index contributed by atoms with van der Waals surface area (Å²) in [6, 6.07) is 0. The SMILES string of the molecule is CCC1(/C=C(\C)C(=O)O)C2CC3CC(C2)CC1C3. The number of hydrogen-bond acceptors (Lipinski definition) is 1. The minimum absolute atomic E-state index is 0.204. The lowest BCUT2D eigenvalue weighted by Gasteiger charge is -2.60. The van der Waals surface area contributed by atoms with E-state index in [4.69, 9.17) is 0 Å². The highest BCUT2D eigenvalue weighted by molar-refractivity contribution is 5.85. The van der Waals surface area contributed by atoms with E-state index in [0.29, 0.717) is 5.57 Å². The summed E-state index contributed by atoms with van der Waals surface area (Å²) in [6.07, 6.45) is 10.1. The van der Waals surface area contributed by atoms with Crippen LogP contribution < -0.4 is 0 Å². The first-order chi connectivity index (χ1) is 8.55. The van der Waals surface area contributed by atoms with Crippen molar-refractivity contribution in [3.05, 3.63) is 11.6 Å². The molecule has 0 aromatic carbocycles. The summed E-state index contributed by atoms with van der Waals surface area (Å²) in [5.74, 6) is 2.68. The van der Waals surface area contributed by atoms with Crippen molar-refractivity contribution in [3.8, 4) is 0 Å². The summed E-state index contributed by atoms with van der Waals surface area (Å²) >= 11 is 0. The molecule has 1 N–H and O–H groups in total. The molecule has 0 unspecified atom stereocenters. The number of carboxylic acid groups (broad SMARTS) is 1. The fourth-order valence-corrected chi connectivity index (χ4v) is 5.44. The van der Waals surface area contributed by atoms with Gasteiger partial charge in [-0.3, -0.25) is 0 Å². The third-order valence-electron chi connectivity index (χ3n) is 6.09. The number of carbonyl (C=O) groups is 1. The molecule has 0 atom stereocenters. The molecule has 4 bridgehead atoms. The van der Waals surface area contributed by atoms with Gasteiger partial charge in [-0.05, 0) is 74.5 Å². The summed E-state index contributed by atoms with van der Waals surface area (Å²) in [4.78, 5) is 11.2. The van der Waals surface area contributed by atoms with Gasteiger partial charge in [0.05, 0.1) is 0 Å². The summed E-state index contributed by atoms with van der Waals surface area (Å²) in [6.45, 7) is 4.03. The largest absolute Gasteiger partial charge is 0.478 e. The van der Waals surface area contributed by atoms with Crippen molar-refractivity contribution in [1.29, 1.82) is 0 Å². The molecule has 0 heterocycles. The number of carboxylic acids is 1. The zero-order chi connectivity index (χ0) is 12.9. The van der Waals surface area contributed by atoms with E-state index in [-0.39, 0.29) is 5.41 Å². The zero-order valence-electron chi connectivity index (χ0n) is 11.5. The van der Waals surface area contributed by atoms with Crippen molar-refractivity contribution in [2.75, 3.05) is 0 Å². The van der Waals surface area contributed by atoms with Crippen LogP contribution in [0.5, 0.6) is 0 Å². The highest BCUT2D eigenvalue weighted by atomic mass is 16.4. The van der Waals surface area contributed by atoms with Crippen molar-refractivity contribution in [1.82, 2.24) is 0 Å². The molecule has 4 fully saturated rings. The second-order valence-electron chi connectivity index (χ2n) is 6.90. The molecule has 0 aromatic rings. The molecule has 4 saturated carbocycles. The molecule has 0 aromatic heterocycles. The van der Waals surface area contributed by atoms with Gasteiger partial charge in [0.1, 0.15) is 0 Å². The van der Waals surface area contributed by atoms with Crippen LogP contribution >= 0.6 is 0 Å². The Morgan fingerprint density at radius 2 is 1.67 bits per heavy atom. The lowest BCUT2D eigenvalue weighted by atomic mass is 9.44. The van der Waals surface area contributed by atoms with Gasteiger partial charge in [-0.25, -0.2) is 4.79 Å². The van der Waals surface area contributed by atoms with E-state index in [1.54, 1.807) is 6.92 Å². The zero-order valence-corrected chi connectivity index (χ0v) is 11.5. The van der Waals surface area contributed by atoms with Crippen molar-refractivity contribution in [2.45, 2.75) is 52.4 Å². The van der Waals surface area contributed by atoms with E-state index >= 15 is 0 Å². The quantitative estimate of drug-likeness (QED) is 0.770. The second kappa shape index (κ2) is 4.11. The highest BCUT2D eigenvalue weighted by Gasteiger charge is 2.55. The smallest absolute Gasteiger partial charge is 0.330 e. The molecule has 2 heteroatoms. The summed E-state index contributed by atoms with van der Waals surface area (Å²) in [5, 5.41) is 9.18. The van der Waals surface area contributed by atoms with Crippen LogP contribution in [0.4, 0.5) is 0 Å². The normalized spacial score (nSPS) is 46.4. The maximum atomic E-state index is 11.2. The van der Waals surface area contributed by atoms with Gasteiger partial charge in [-0.15, -0.1) is 0 Å². The summed E-state index contributed by atoms with van der Waals surface area (Å²) < 4.78 is 0. The maximum Gasteiger partial charge on any atom is 0.330 e. The molecule has 4 rings (SSSR count). The third-order valence-corrected chi connectivity index (χ3v) is 6.09. The molecule has 18 heavy (non-hydrogen) atoms. The van der Waals surface area contributed by atoms with Crippen LogP contribution in [0.15, 0.2) is 11.6 Å². The molecule has 0 saturated heterocycles. The Morgan fingerprint density at radius 1 is 1.17 bits per heavy atom. The first-order valence-corrected chi connectivity index (χ1v) is 7.48. The average molecular weight is 248 g/mol. The van der Waals surface area contributed by atoms with Gasteiger partial charge in [0.2, 0.25) is 0 Å². The van der Waals surface area contributed by atoms with Gasteiger partial charge in [0, 0.05) is 5.57 Å². The van der Waals surface area contributed by atoms with Gasteiger partial charge in [-0.2, -0.15) is 0 Å². The van der Waals surface area contributed by atoms with Gasteiger partial charge in [-0.1, -0.05) is 13.0 Å². The van der Waals surface area contributed by atoms with Gasteiger partial charge in [0.15, 0.2) is 0 Å². The second-order valence-corrected chi connectivity index (χ2v) is 6.90. The predicted octanol–water partition coefficient (Wildman–Crippen LogP) is 3.87. The third kappa shape index (κ3) is 1.64. The maximum absolute atomic E-state index is 11.2. The van der Waals surface area contributed by atoms with E-state index < -0.39 is 5.97 Å². The van der Waals surface area contributed by atoms with Gasteiger partial charge >= 0.3 is 5.97 Å². The van der Waals surface area contributed by atoms with Crippen LogP contribution in [-0.4, -0.2) is 11.1 Å². The monoisotopic (exact) mass is 248 g/mol. The summed E-state index contributed by atoms with van der Waals surface area (Å²) in [5.41, 5.74) is 0.764. The van der Waals surface area contributed by atoms with Crippen LogP contribution in [0.1, 0.15) is 52.4 Å². The lowest BCUT2D eigenvalue weighted by Crippen LogP contribution is -2.51. The predicted molar refractivity (Wildman–Crippen MR) is 71.2 cm³/mol. The molecule has 4 aliphatic rings. The van der Waals surface area contributed by atoms with E-state index in [0.717, 1.165) is 30.1 Å². The first kappa shape index (κ1) is 12.3. The number of hydrogen-bond donors (Lipinski definition) is 1. The van der Waals surface area contributed by atoms with E-state index in [9.17, 15) is 9.90 Å². The molecule has 0 spiro atoms. The highest BCUT2D eigenvalue weighted by Crippen LogP contribution is 2.64. The van der Waals surface area contributed by atoms with Crippen LogP contribution in [0, 0.1) is 29.1 Å². The Labute approximate surface area is 109 Å².